The lowest BCUT2D eigenvalue weighted by Crippen LogP contribution is -2.31. The summed E-state index contributed by atoms with van der Waals surface area (Å²) in [6, 6.07) is 27.9. The zero-order valence-corrected chi connectivity index (χ0v) is 27.7. The van der Waals surface area contributed by atoms with E-state index in [4.69, 9.17) is 10.7 Å². The number of aromatic nitrogens is 7. The zero-order chi connectivity index (χ0) is 35.5. The van der Waals surface area contributed by atoms with E-state index < -0.39 is 6.17 Å². The molecule has 8 aromatic rings. The van der Waals surface area contributed by atoms with E-state index in [1.807, 2.05) is 84.4 Å². The molecule has 0 fully saturated rings. The van der Waals surface area contributed by atoms with Crippen molar-refractivity contribution in [3.63, 3.8) is 0 Å². The molecule has 2 atom stereocenters. The van der Waals surface area contributed by atoms with Gasteiger partial charge in [-0.2, -0.15) is 5.10 Å². The number of anilines is 2. The Balaban J connectivity index is 0.000000140. The summed E-state index contributed by atoms with van der Waals surface area (Å²) in [5.74, 6) is 2.19. The molecule has 2 unspecified atom stereocenters. The number of rotatable bonds is 4. The number of benzene rings is 4. The van der Waals surface area contributed by atoms with Gasteiger partial charge in [0.05, 0.1) is 34.0 Å². The van der Waals surface area contributed by atoms with Crippen LogP contribution < -0.4 is 16.4 Å². The molecule has 2 aliphatic heterocycles. The van der Waals surface area contributed by atoms with Gasteiger partial charge in [-0.3, -0.25) is 24.8 Å². The molecule has 0 saturated heterocycles. The Kier molecular flexibility index (Phi) is 7.06. The van der Waals surface area contributed by atoms with Gasteiger partial charge in [0, 0.05) is 50.7 Å². The number of nitrogens with one attached hydrogen (secondary N) is 4. The molecule has 2 aliphatic rings. The molecule has 15 heteroatoms. The van der Waals surface area contributed by atoms with Gasteiger partial charge in [-0.1, -0.05) is 36.4 Å². The van der Waals surface area contributed by atoms with Crippen molar-refractivity contribution in [2.45, 2.75) is 19.3 Å². The molecular formula is C37H31FN13O+. The van der Waals surface area contributed by atoms with Crippen LogP contribution >= 0.6 is 0 Å². The summed E-state index contributed by atoms with van der Waals surface area (Å²) in [4.78, 5) is 21.8. The molecule has 52 heavy (non-hydrogen) atoms. The maximum atomic E-state index is 13.7. The standard InChI is InChI=1S/C19H17N8O.C18H14FN5/c1-26(28)12-6-4-5-11(9-12)16-13(10-21-25-16)17-23-18(20)24-19-22-14-7-2-3-8-15(14)27(17)19;1-10-21-17(13-9-20-14-7-6-11(19)8-12(13)14)24-16-5-3-2-4-15(16)23-18(24)22-10/h2-10,17,28H,1H2,(H,21,25)(H3,20,22,23,24);2-9,17,20H,1H3,(H,21,22,23)/q+1;. The molecule has 0 spiro atoms. The van der Waals surface area contributed by atoms with Gasteiger partial charge in [-0.05, 0) is 49.4 Å². The van der Waals surface area contributed by atoms with Crippen LogP contribution in [-0.2, 0) is 0 Å². The number of H-pyrrole nitrogens is 2. The fourth-order valence-electron chi connectivity index (χ4n) is 6.82. The number of nitrogens with zero attached hydrogens (tertiary/aromatic N) is 8. The minimum atomic E-state index is -0.439. The number of amidine groups is 1. The number of aromatic amines is 2. The average Bonchev–Trinajstić information content (AvgIpc) is 3.94. The molecule has 0 bridgehead atoms. The minimum Gasteiger partial charge on any atom is -0.370 e. The van der Waals surface area contributed by atoms with Crippen molar-refractivity contribution in [3.05, 3.63) is 120 Å². The Hall–Kier alpha value is -7.29. The van der Waals surface area contributed by atoms with Crippen LogP contribution in [0.3, 0.4) is 0 Å². The van der Waals surface area contributed by atoms with Crippen molar-refractivity contribution in [3.8, 4) is 11.3 Å². The van der Waals surface area contributed by atoms with E-state index in [0.29, 0.717) is 11.6 Å². The SMILES string of the molecule is C=[N+](O)c1cccc(-c2[nH]ncc2C2N=C(N)Nc3nc4ccccc4n32)c1.CC1=NC(c2c[nH]c3ccc(F)cc23)n2c(nc3ccccc32)N1. The molecule has 4 aromatic heterocycles. The quantitative estimate of drug-likeness (QED) is 0.0528. The van der Waals surface area contributed by atoms with Crippen LogP contribution in [-0.4, -0.2) is 62.7 Å². The van der Waals surface area contributed by atoms with Gasteiger partial charge >= 0.3 is 0 Å². The molecule has 10 rings (SSSR count). The van der Waals surface area contributed by atoms with Crippen LogP contribution in [0.15, 0.2) is 113 Å². The number of hydrogen-bond acceptors (Lipinski definition) is 9. The van der Waals surface area contributed by atoms with Crippen LogP contribution in [0.1, 0.15) is 30.4 Å². The smallest absolute Gasteiger partial charge is 0.257 e. The summed E-state index contributed by atoms with van der Waals surface area (Å²) in [5, 5.41) is 24.0. The Bertz CT molecular complexity index is 2750. The van der Waals surface area contributed by atoms with Crippen LogP contribution in [0.4, 0.5) is 22.0 Å². The predicted octanol–water partition coefficient (Wildman–Crippen LogP) is 6.49. The van der Waals surface area contributed by atoms with Crippen molar-refractivity contribution in [1.82, 2.24) is 34.3 Å². The number of halogens is 1. The number of imidazole rings is 2. The third-order valence-electron chi connectivity index (χ3n) is 9.12. The van der Waals surface area contributed by atoms with Crippen molar-refractivity contribution < 1.29 is 14.3 Å². The van der Waals surface area contributed by atoms with Crippen molar-refractivity contribution >= 4 is 69.1 Å². The lowest BCUT2D eigenvalue weighted by atomic mass is 10.1. The lowest BCUT2D eigenvalue weighted by molar-refractivity contribution is -0.706. The molecule has 0 amide bonds. The second kappa shape index (κ2) is 11.9. The zero-order valence-electron chi connectivity index (χ0n) is 27.7. The lowest BCUT2D eigenvalue weighted by Gasteiger charge is -2.23. The van der Waals surface area contributed by atoms with E-state index in [2.05, 4.69) is 52.1 Å². The second-order valence-corrected chi connectivity index (χ2v) is 12.4. The van der Waals surface area contributed by atoms with Crippen molar-refractivity contribution in [1.29, 1.82) is 0 Å². The van der Waals surface area contributed by atoms with Crippen molar-refractivity contribution in [2.24, 2.45) is 15.7 Å². The molecule has 0 radical (unpaired) electrons. The number of aliphatic imine (C=N–C) groups is 2. The molecule has 7 N–H and O–H groups in total. The van der Waals surface area contributed by atoms with E-state index >= 15 is 0 Å². The van der Waals surface area contributed by atoms with Gasteiger partial charge in [0.15, 0.2) is 25.0 Å². The minimum absolute atomic E-state index is 0.256. The maximum absolute atomic E-state index is 13.7. The van der Waals surface area contributed by atoms with E-state index in [-0.39, 0.29) is 17.9 Å². The average molecular weight is 693 g/mol. The van der Waals surface area contributed by atoms with Crippen LogP contribution in [0.25, 0.3) is 44.2 Å². The summed E-state index contributed by atoms with van der Waals surface area (Å²) < 4.78 is 18.6. The van der Waals surface area contributed by atoms with Gasteiger partial charge in [-0.25, -0.2) is 24.3 Å². The summed E-state index contributed by atoms with van der Waals surface area (Å²) in [6.07, 6.45) is 2.90. The second-order valence-electron chi connectivity index (χ2n) is 12.4. The van der Waals surface area contributed by atoms with Gasteiger partial charge in [0.2, 0.25) is 11.9 Å². The van der Waals surface area contributed by atoms with Gasteiger partial charge < -0.3 is 16.0 Å². The third kappa shape index (κ3) is 5.10. The van der Waals surface area contributed by atoms with E-state index in [1.54, 1.807) is 24.4 Å². The first-order valence-corrected chi connectivity index (χ1v) is 16.4. The van der Waals surface area contributed by atoms with Crippen molar-refractivity contribution in [2.75, 3.05) is 10.6 Å². The molecule has 0 saturated carbocycles. The topological polar surface area (TPSA) is 178 Å². The molecular weight excluding hydrogens is 661 g/mol. The first-order chi connectivity index (χ1) is 25.3. The largest absolute Gasteiger partial charge is 0.370 e. The number of nitrogens with two attached hydrogens (primary N) is 1. The molecule has 256 valence electrons. The van der Waals surface area contributed by atoms with E-state index in [0.717, 1.165) is 71.9 Å². The summed E-state index contributed by atoms with van der Waals surface area (Å²) >= 11 is 0. The molecule has 4 aromatic carbocycles. The Morgan fingerprint density at radius 3 is 2.25 bits per heavy atom. The number of para-hydroxylation sites is 4. The first-order valence-electron chi connectivity index (χ1n) is 16.4. The van der Waals surface area contributed by atoms with Gasteiger partial charge in [0.1, 0.15) is 11.7 Å². The molecule has 14 nitrogen and oxygen atoms in total. The fraction of sp³-hybridized carbons (Fsp3) is 0.0811. The predicted molar refractivity (Wildman–Crippen MR) is 199 cm³/mol. The van der Waals surface area contributed by atoms with Gasteiger partial charge in [0.25, 0.3) is 5.69 Å². The Labute approximate surface area is 294 Å². The normalized spacial score (nSPS) is 16.3. The monoisotopic (exact) mass is 692 g/mol. The van der Waals surface area contributed by atoms with Gasteiger partial charge in [-0.15, -0.1) is 0 Å². The van der Waals surface area contributed by atoms with Crippen LogP contribution in [0.5, 0.6) is 0 Å². The maximum Gasteiger partial charge on any atom is 0.257 e. The summed E-state index contributed by atoms with van der Waals surface area (Å²) in [6.45, 7) is 5.42. The number of fused-ring (bicyclic) bond motifs is 7. The number of hydrogen-bond donors (Lipinski definition) is 6. The highest BCUT2D eigenvalue weighted by molar-refractivity contribution is 5.97. The van der Waals surface area contributed by atoms with E-state index in [1.165, 1.54) is 6.07 Å². The molecule has 6 heterocycles. The highest BCUT2D eigenvalue weighted by atomic mass is 19.1. The Morgan fingerprint density at radius 2 is 1.52 bits per heavy atom. The third-order valence-corrected chi connectivity index (χ3v) is 9.12. The summed E-state index contributed by atoms with van der Waals surface area (Å²) in [7, 11) is 0. The highest BCUT2D eigenvalue weighted by Crippen LogP contribution is 2.38. The number of guanidine groups is 1. The van der Waals surface area contributed by atoms with E-state index in [9.17, 15) is 9.60 Å². The molecule has 0 aliphatic carbocycles. The fourth-order valence-corrected chi connectivity index (χ4v) is 6.82. The highest BCUT2D eigenvalue weighted by Gasteiger charge is 2.29. The summed E-state index contributed by atoms with van der Waals surface area (Å²) in [5.41, 5.74) is 14.5. The van der Waals surface area contributed by atoms with Crippen LogP contribution in [0.2, 0.25) is 0 Å². The Morgan fingerprint density at radius 1 is 0.827 bits per heavy atom. The van der Waals surface area contributed by atoms with Crippen LogP contribution in [0, 0.1) is 5.82 Å². The first kappa shape index (κ1) is 30.7.